The van der Waals surface area contributed by atoms with Gasteiger partial charge in [0.05, 0.1) is 10.0 Å². The first-order valence-corrected chi connectivity index (χ1v) is 4.44. The van der Waals surface area contributed by atoms with E-state index in [2.05, 4.69) is 0 Å². The second-order valence-electron chi connectivity index (χ2n) is 2.34. The summed E-state index contributed by atoms with van der Waals surface area (Å²) in [5.74, 6) is 0.470. The van der Waals surface area contributed by atoms with Crippen LogP contribution < -0.4 is 0 Å². The number of benzene rings is 1. The van der Waals surface area contributed by atoms with E-state index in [1.165, 1.54) is 0 Å². The monoisotopic (exact) mass is 208 g/mol. The highest BCUT2D eigenvalue weighted by molar-refractivity contribution is 6.42. The molecule has 0 saturated heterocycles. The van der Waals surface area contributed by atoms with Gasteiger partial charge < -0.3 is 0 Å². The molecule has 0 spiro atoms. The summed E-state index contributed by atoms with van der Waals surface area (Å²) in [5, 5.41) is 1.18. The molecule has 1 aromatic rings. The Bertz CT molecular complexity index is 245. The summed E-state index contributed by atoms with van der Waals surface area (Å²) in [7, 11) is 0. The Balaban J connectivity index is 3.21. The summed E-state index contributed by atoms with van der Waals surface area (Å²) in [6.07, 6.45) is 0. The second-order valence-corrected chi connectivity index (χ2v) is 3.39. The normalized spacial score (nSPS) is 10.2. The maximum absolute atomic E-state index is 5.83. The Labute approximate surface area is 81.1 Å². The predicted octanol–water partition coefficient (Wildman–Crippen LogP) is 4.04. The molecule has 60 valence electrons. The van der Waals surface area contributed by atoms with Crippen molar-refractivity contribution in [3.63, 3.8) is 0 Å². The topological polar surface area (TPSA) is 0 Å². The molecule has 0 N–H and O–H groups in total. The molecule has 0 aromatic heterocycles. The van der Waals surface area contributed by atoms with Crippen LogP contribution >= 0.6 is 34.8 Å². The quantitative estimate of drug-likeness (QED) is 0.613. The van der Waals surface area contributed by atoms with Crippen LogP contribution in [0, 0.1) is 6.92 Å². The summed E-state index contributed by atoms with van der Waals surface area (Å²) in [4.78, 5) is 0. The van der Waals surface area contributed by atoms with Gasteiger partial charge >= 0.3 is 0 Å². The summed E-state index contributed by atoms with van der Waals surface area (Å²) >= 11 is 17.3. The molecule has 0 fully saturated rings. The molecule has 0 nitrogen and oxygen atoms in total. The predicted molar refractivity (Wildman–Crippen MR) is 50.8 cm³/mol. The highest BCUT2D eigenvalue weighted by Gasteiger charge is 2.02. The number of hydrogen-bond acceptors (Lipinski definition) is 0. The molecule has 0 radical (unpaired) electrons. The molecule has 0 aliphatic carbocycles. The van der Waals surface area contributed by atoms with Gasteiger partial charge in [0.15, 0.2) is 0 Å². The van der Waals surface area contributed by atoms with E-state index in [9.17, 15) is 0 Å². The van der Waals surface area contributed by atoms with Crippen LogP contribution in [0.15, 0.2) is 12.1 Å². The van der Waals surface area contributed by atoms with Crippen LogP contribution in [0.5, 0.6) is 0 Å². The van der Waals surface area contributed by atoms with Crippen molar-refractivity contribution in [2.24, 2.45) is 0 Å². The fraction of sp³-hybridized carbons (Fsp3) is 0.250. The molecule has 0 amide bonds. The maximum Gasteiger partial charge on any atom is 0.0621 e. The summed E-state index contributed by atoms with van der Waals surface area (Å²) in [6.45, 7) is 1.91. The minimum atomic E-state index is 0.470. The number of alkyl halides is 1. The van der Waals surface area contributed by atoms with Crippen LogP contribution in [0.1, 0.15) is 11.1 Å². The first kappa shape index (κ1) is 9.18. The van der Waals surface area contributed by atoms with Crippen LogP contribution in [-0.4, -0.2) is 0 Å². The molecule has 0 aliphatic heterocycles. The van der Waals surface area contributed by atoms with Crippen LogP contribution in [-0.2, 0) is 5.88 Å². The highest BCUT2D eigenvalue weighted by atomic mass is 35.5. The van der Waals surface area contributed by atoms with E-state index >= 15 is 0 Å². The van der Waals surface area contributed by atoms with Crippen molar-refractivity contribution in [2.75, 3.05) is 0 Å². The lowest BCUT2D eigenvalue weighted by Gasteiger charge is -2.02. The average Bonchev–Trinajstić information content (AvgIpc) is 1.99. The maximum atomic E-state index is 5.83. The minimum Gasteiger partial charge on any atom is -0.122 e. The number of hydrogen-bond donors (Lipinski definition) is 0. The van der Waals surface area contributed by atoms with Gasteiger partial charge in [-0.25, -0.2) is 0 Å². The van der Waals surface area contributed by atoms with Crippen LogP contribution in [0.2, 0.25) is 10.0 Å². The molecule has 1 rings (SSSR count). The van der Waals surface area contributed by atoms with Gasteiger partial charge in [0.2, 0.25) is 0 Å². The Morgan fingerprint density at radius 1 is 1.27 bits per heavy atom. The van der Waals surface area contributed by atoms with Crippen molar-refractivity contribution in [1.29, 1.82) is 0 Å². The lowest BCUT2D eigenvalue weighted by molar-refractivity contribution is 1.35. The van der Waals surface area contributed by atoms with Gasteiger partial charge in [-0.1, -0.05) is 29.3 Å². The SMILES string of the molecule is Cc1cc(CCl)cc(Cl)c1Cl. The fourth-order valence-corrected chi connectivity index (χ4v) is 1.43. The van der Waals surface area contributed by atoms with E-state index in [1.807, 2.05) is 13.0 Å². The molecular weight excluding hydrogens is 202 g/mol. The molecule has 0 saturated carbocycles. The molecule has 0 unspecified atom stereocenters. The molecule has 11 heavy (non-hydrogen) atoms. The highest BCUT2D eigenvalue weighted by Crippen LogP contribution is 2.27. The van der Waals surface area contributed by atoms with Gasteiger partial charge in [0, 0.05) is 5.88 Å². The Morgan fingerprint density at radius 3 is 2.36 bits per heavy atom. The molecular formula is C8H7Cl3. The van der Waals surface area contributed by atoms with Gasteiger partial charge in [-0.3, -0.25) is 0 Å². The number of halogens is 3. The molecule has 1 aromatic carbocycles. The average molecular weight is 210 g/mol. The van der Waals surface area contributed by atoms with Crippen molar-refractivity contribution in [1.82, 2.24) is 0 Å². The number of aryl methyl sites for hydroxylation is 1. The van der Waals surface area contributed by atoms with Gasteiger partial charge in [0.25, 0.3) is 0 Å². The van der Waals surface area contributed by atoms with Crippen molar-refractivity contribution >= 4 is 34.8 Å². The third-order valence-corrected chi connectivity index (χ3v) is 2.63. The molecule has 0 bridgehead atoms. The van der Waals surface area contributed by atoms with Crippen molar-refractivity contribution < 1.29 is 0 Å². The van der Waals surface area contributed by atoms with E-state index in [-0.39, 0.29) is 0 Å². The molecule has 3 heteroatoms. The lowest BCUT2D eigenvalue weighted by atomic mass is 10.2. The van der Waals surface area contributed by atoms with Crippen molar-refractivity contribution in [3.8, 4) is 0 Å². The zero-order chi connectivity index (χ0) is 8.43. The Morgan fingerprint density at radius 2 is 1.91 bits per heavy atom. The summed E-state index contributed by atoms with van der Waals surface area (Å²) in [5.41, 5.74) is 1.97. The smallest absolute Gasteiger partial charge is 0.0621 e. The van der Waals surface area contributed by atoms with Gasteiger partial charge in [0.1, 0.15) is 0 Å². The molecule has 0 aliphatic rings. The van der Waals surface area contributed by atoms with Crippen molar-refractivity contribution in [2.45, 2.75) is 12.8 Å². The second kappa shape index (κ2) is 3.66. The first-order chi connectivity index (χ1) is 5.15. The summed E-state index contributed by atoms with van der Waals surface area (Å²) < 4.78 is 0. The fourth-order valence-electron chi connectivity index (χ4n) is 0.875. The van der Waals surface area contributed by atoms with E-state index in [1.54, 1.807) is 6.07 Å². The van der Waals surface area contributed by atoms with Crippen molar-refractivity contribution in [3.05, 3.63) is 33.3 Å². The van der Waals surface area contributed by atoms with Gasteiger partial charge in [-0.15, -0.1) is 11.6 Å². The Hall–Kier alpha value is 0.0900. The van der Waals surface area contributed by atoms with Gasteiger partial charge in [-0.05, 0) is 24.1 Å². The van der Waals surface area contributed by atoms with Crippen LogP contribution in [0.3, 0.4) is 0 Å². The number of rotatable bonds is 1. The zero-order valence-electron chi connectivity index (χ0n) is 6.00. The molecule has 0 heterocycles. The first-order valence-electron chi connectivity index (χ1n) is 3.15. The Kier molecular flexibility index (Phi) is 3.06. The van der Waals surface area contributed by atoms with Crippen LogP contribution in [0.25, 0.3) is 0 Å². The zero-order valence-corrected chi connectivity index (χ0v) is 8.26. The standard InChI is InChI=1S/C8H7Cl3/c1-5-2-6(4-9)3-7(10)8(5)11/h2-3H,4H2,1H3. The van der Waals surface area contributed by atoms with Gasteiger partial charge in [-0.2, -0.15) is 0 Å². The summed E-state index contributed by atoms with van der Waals surface area (Å²) in [6, 6.07) is 3.71. The largest absolute Gasteiger partial charge is 0.122 e. The lowest BCUT2D eigenvalue weighted by Crippen LogP contribution is -1.82. The van der Waals surface area contributed by atoms with E-state index in [4.69, 9.17) is 34.8 Å². The third-order valence-electron chi connectivity index (χ3n) is 1.42. The van der Waals surface area contributed by atoms with Crippen LogP contribution in [0.4, 0.5) is 0 Å². The third kappa shape index (κ3) is 2.02. The van der Waals surface area contributed by atoms with E-state index in [0.29, 0.717) is 15.9 Å². The van der Waals surface area contributed by atoms with E-state index < -0.39 is 0 Å². The van der Waals surface area contributed by atoms with E-state index in [0.717, 1.165) is 11.1 Å². The molecule has 0 atom stereocenters. The minimum absolute atomic E-state index is 0.470.